The van der Waals surface area contributed by atoms with Crippen molar-refractivity contribution in [3.05, 3.63) is 112 Å². The number of halogens is 1. The number of barbiturate groups is 1. The van der Waals surface area contributed by atoms with Gasteiger partial charge in [-0.3, -0.25) is 14.9 Å². The third kappa shape index (κ3) is 4.29. The van der Waals surface area contributed by atoms with Gasteiger partial charge in [0, 0.05) is 21.5 Å². The Balaban J connectivity index is 1.49. The topological polar surface area (TPSA) is 71.4 Å². The standard InChI is InChI=1S/C29H22BrN3O3/c1-18-16-22(19(2)32(18)24-12-8-21(9-13-24)20-6-4-3-5-7-20)17-26-27(34)31-29(36)33(28(26)35)25-14-10-23(30)11-15-25/h3-17H,1-2H3,(H,31,34,36)/b26-17-. The lowest BCUT2D eigenvalue weighted by molar-refractivity contribution is -0.122. The smallest absolute Gasteiger partial charge is 0.318 e. The summed E-state index contributed by atoms with van der Waals surface area (Å²) in [4.78, 5) is 39.3. The second kappa shape index (κ2) is 9.43. The number of amides is 4. The van der Waals surface area contributed by atoms with Crippen molar-refractivity contribution in [3.8, 4) is 16.8 Å². The number of nitrogens with zero attached hydrogens (tertiary/aromatic N) is 2. The number of hydrogen-bond acceptors (Lipinski definition) is 3. The van der Waals surface area contributed by atoms with Gasteiger partial charge in [0.1, 0.15) is 5.57 Å². The third-order valence-corrected chi connectivity index (χ3v) is 6.72. The van der Waals surface area contributed by atoms with Crippen molar-refractivity contribution in [1.29, 1.82) is 0 Å². The Morgan fingerprint density at radius 2 is 1.39 bits per heavy atom. The van der Waals surface area contributed by atoms with Gasteiger partial charge in [0.15, 0.2) is 0 Å². The number of rotatable bonds is 4. The van der Waals surface area contributed by atoms with Crippen LogP contribution in [0.1, 0.15) is 17.0 Å². The van der Waals surface area contributed by atoms with Crippen molar-refractivity contribution in [2.75, 3.05) is 4.90 Å². The summed E-state index contributed by atoms with van der Waals surface area (Å²) in [5.41, 5.74) is 6.06. The first-order valence-electron chi connectivity index (χ1n) is 11.4. The van der Waals surface area contributed by atoms with Crippen LogP contribution in [0.4, 0.5) is 10.5 Å². The Hall–Kier alpha value is -4.23. The van der Waals surface area contributed by atoms with E-state index in [1.165, 1.54) is 0 Å². The van der Waals surface area contributed by atoms with E-state index in [4.69, 9.17) is 0 Å². The van der Waals surface area contributed by atoms with Gasteiger partial charge in [0.25, 0.3) is 11.8 Å². The molecule has 6 nitrogen and oxygen atoms in total. The predicted octanol–water partition coefficient (Wildman–Crippen LogP) is 6.19. The normalized spacial score (nSPS) is 14.9. The molecule has 0 unspecified atom stereocenters. The van der Waals surface area contributed by atoms with Crippen LogP contribution in [-0.4, -0.2) is 22.4 Å². The molecule has 2 heterocycles. The average molecular weight is 540 g/mol. The summed E-state index contributed by atoms with van der Waals surface area (Å²) in [6, 6.07) is 26.3. The van der Waals surface area contributed by atoms with Crippen LogP contribution in [-0.2, 0) is 9.59 Å². The predicted molar refractivity (Wildman–Crippen MR) is 144 cm³/mol. The molecule has 1 aromatic heterocycles. The Morgan fingerprint density at radius 1 is 0.778 bits per heavy atom. The molecule has 1 aliphatic heterocycles. The van der Waals surface area contributed by atoms with Crippen LogP contribution in [0.2, 0.25) is 0 Å². The molecule has 0 aliphatic carbocycles. The summed E-state index contributed by atoms with van der Waals surface area (Å²) >= 11 is 3.35. The molecule has 1 saturated heterocycles. The molecule has 5 rings (SSSR count). The Labute approximate surface area is 217 Å². The van der Waals surface area contributed by atoms with Crippen LogP contribution in [0.3, 0.4) is 0 Å². The minimum absolute atomic E-state index is 0.0998. The number of urea groups is 1. The molecule has 4 amide bonds. The summed E-state index contributed by atoms with van der Waals surface area (Å²) in [6.07, 6.45) is 1.55. The van der Waals surface area contributed by atoms with Gasteiger partial charge >= 0.3 is 6.03 Å². The molecule has 0 spiro atoms. The molecule has 178 valence electrons. The van der Waals surface area contributed by atoms with E-state index in [0.717, 1.165) is 43.1 Å². The highest BCUT2D eigenvalue weighted by Crippen LogP contribution is 2.28. The van der Waals surface area contributed by atoms with E-state index in [1.807, 2.05) is 50.2 Å². The van der Waals surface area contributed by atoms with E-state index in [1.54, 1.807) is 30.3 Å². The highest BCUT2D eigenvalue weighted by atomic mass is 79.9. The molecule has 7 heteroatoms. The van der Waals surface area contributed by atoms with E-state index in [-0.39, 0.29) is 5.57 Å². The maximum absolute atomic E-state index is 13.2. The lowest BCUT2D eigenvalue weighted by Crippen LogP contribution is -2.54. The summed E-state index contributed by atoms with van der Waals surface area (Å²) in [5.74, 6) is -1.38. The molecular weight excluding hydrogens is 518 g/mol. The summed E-state index contributed by atoms with van der Waals surface area (Å²) in [6.45, 7) is 3.91. The average Bonchev–Trinajstić information content (AvgIpc) is 3.16. The van der Waals surface area contributed by atoms with Crippen LogP contribution in [0, 0.1) is 13.8 Å². The lowest BCUT2D eigenvalue weighted by Gasteiger charge is -2.26. The van der Waals surface area contributed by atoms with Gasteiger partial charge in [0.2, 0.25) is 0 Å². The van der Waals surface area contributed by atoms with Crippen molar-refractivity contribution in [2.24, 2.45) is 0 Å². The number of carbonyl (C=O) groups excluding carboxylic acids is 3. The van der Waals surface area contributed by atoms with Crippen molar-refractivity contribution < 1.29 is 14.4 Å². The Kier molecular flexibility index (Phi) is 6.16. The monoisotopic (exact) mass is 539 g/mol. The molecule has 1 fully saturated rings. The minimum atomic E-state index is -0.770. The van der Waals surface area contributed by atoms with Gasteiger partial charge in [-0.2, -0.15) is 0 Å². The first kappa shape index (κ1) is 23.5. The fourth-order valence-corrected chi connectivity index (χ4v) is 4.67. The molecule has 36 heavy (non-hydrogen) atoms. The number of hydrogen-bond donors (Lipinski definition) is 1. The minimum Gasteiger partial charge on any atom is -0.318 e. The number of nitrogens with one attached hydrogen (secondary N) is 1. The zero-order chi connectivity index (χ0) is 25.4. The SMILES string of the molecule is Cc1cc(/C=C2/C(=O)NC(=O)N(c3ccc(Br)cc3)C2=O)c(C)n1-c1ccc(-c2ccccc2)cc1. The number of benzene rings is 3. The molecule has 1 aliphatic rings. The van der Waals surface area contributed by atoms with Gasteiger partial charge in [-0.25, -0.2) is 9.69 Å². The van der Waals surface area contributed by atoms with E-state index < -0.39 is 17.8 Å². The molecular formula is C29H22BrN3O3. The van der Waals surface area contributed by atoms with Crippen molar-refractivity contribution in [1.82, 2.24) is 9.88 Å². The van der Waals surface area contributed by atoms with Gasteiger partial charge < -0.3 is 4.57 Å². The van der Waals surface area contributed by atoms with Crippen molar-refractivity contribution in [3.63, 3.8) is 0 Å². The molecule has 1 N–H and O–H groups in total. The van der Waals surface area contributed by atoms with Crippen LogP contribution >= 0.6 is 15.9 Å². The summed E-state index contributed by atoms with van der Waals surface area (Å²) in [7, 11) is 0. The quantitative estimate of drug-likeness (QED) is 0.248. The van der Waals surface area contributed by atoms with Gasteiger partial charge in [0.05, 0.1) is 5.69 Å². The van der Waals surface area contributed by atoms with Crippen molar-refractivity contribution in [2.45, 2.75) is 13.8 Å². The van der Waals surface area contributed by atoms with E-state index >= 15 is 0 Å². The van der Waals surface area contributed by atoms with Crippen molar-refractivity contribution >= 4 is 45.5 Å². The van der Waals surface area contributed by atoms with Crippen LogP contribution in [0.25, 0.3) is 22.9 Å². The second-order valence-corrected chi connectivity index (χ2v) is 9.42. The lowest BCUT2D eigenvalue weighted by atomic mass is 10.1. The van der Waals surface area contributed by atoms with Gasteiger partial charge in [-0.1, -0.05) is 58.4 Å². The number of aryl methyl sites for hydroxylation is 1. The molecule has 0 radical (unpaired) electrons. The van der Waals surface area contributed by atoms with Crippen LogP contribution in [0.15, 0.2) is 95.0 Å². The van der Waals surface area contributed by atoms with E-state index in [2.05, 4.69) is 50.1 Å². The molecule has 0 bridgehead atoms. The number of carbonyl (C=O) groups is 3. The maximum atomic E-state index is 13.2. The Morgan fingerprint density at radius 3 is 2.06 bits per heavy atom. The van der Waals surface area contributed by atoms with Crippen LogP contribution < -0.4 is 10.2 Å². The molecule has 3 aromatic carbocycles. The largest absolute Gasteiger partial charge is 0.335 e. The number of anilines is 1. The second-order valence-electron chi connectivity index (χ2n) is 8.51. The van der Waals surface area contributed by atoms with E-state index in [0.29, 0.717) is 5.69 Å². The van der Waals surface area contributed by atoms with Gasteiger partial charge in [-0.05, 0) is 79.1 Å². The molecule has 0 atom stereocenters. The molecule has 4 aromatic rings. The summed E-state index contributed by atoms with van der Waals surface area (Å²) in [5, 5.41) is 2.28. The first-order valence-corrected chi connectivity index (χ1v) is 12.1. The summed E-state index contributed by atoms with van der Waals surface area (Å²) < 4.78 is 2.89. The third-order valence-electron chi connectivity index (χ3n) is 6.19. The number of imide groups is 2. The highest BCUT2D eigenvalue weighted by molar-refractivity contribution is 9.10. The highest BCUT2D eigenvalue weighted by Gasteiger charge is 2.37. The van der Waals surface area contributed by atoms with E-state index in [9.17, 15) is 14.4 Å². The fourth-order valence-electron chi connectivity index (χ4n) is 4.40. The van der Waals surface area contributed by atoms with Gasteiger partial charge in [-0.15, -0.1) is 0 Å². The fraction of sp³-hybridized carbons (Fsp3) is 0.0690. The molecule has 0 saturated carbocycles. The number of aromatic nitrogens is 1. The zero-order valence-corrected chi connectivity index (χ0v) is 21.2. The first-order chi connectivity index (χ1) is 17.3. The van der Waals surface area contributed by atoms with Crippen LogP contribution in [0.5, 0.6) is 0 Å². The maximum Gasteiger partial charge on any atom is 0.335 e. The zero-order valence-electron chi connectivity index (χ0n) is 19.7. The Bertz CT molecular complexity index is 1520.